The zero-order valence-corrected chi connectivity index (χ0v) is 12.8. The molecule has 0 spiro atoms. The first-order chi connectivity index (χ1) is 9.38. The molecule has 0 saturated carbocycles. The Morgan fingerprint density at radius 3 is 2.35 bits per heavy atom. The van der Waals surface area contributed by atoms with Gasteiger partial charge in [-0.2, -0.15) is 0 Å². The van der Waals surface area contributed by atoms with Crippen molar-refractivity contribution < 1.29 is 17.6 Å². The van der Waals surface area contributed by atoms with Gasteiger partial charge in [-0.15, -0.1) is 4.83 Å². The second-order valence-corrected chi connectivity index (χ2v) is 6.44. The maximum absolute atomic E-state index is 11.9. The van der Waals surface area contributed by atoms with Crippen molar-refractivity contribution in [1.29, 1.82) is 0 Å². The van der Waals surface area contributed by atoms with Crippen molar-refractivity contribution in [3.63, 3.8) is 0 Å². The molecule has 0 unspecified atom stereocenters. The van der Waals surface area contributed by atoms with Crippen LogP contribution in [-0.4, -0.2) is 14.3 Å². The van der Waals surface area contributed by atoms with Crippen molar-refractivity contribution in [2.45, 2.75) is 11.8 Å². The van der Waals surface area contributed by atoms with Gasteiger partial charge in [-0.1, -0.05) is 17.7 Å². The number of carbonyl (C=O) groups excluding carboxylic acids is 1. The zero-order chi connectivity index (χ0) is 14.8. The van der Waals surface area contributed by atoms with Crippen LogP contribution in [0, 0.1) is 6.92 Å². The molecule has 0 aliphatic carbocycles. The molecular formula is C12H11BrN2O4S. The van der Waals surface area contributed by atoms with Crippen LogP contribution in [0.1, 0.15) is 16.1 Å². The standard InChI is InChI=1S/C12H11BrN2O4S/c1-8-2-4-9(5-3-8)20(17,18)15-14-12(16)10-6-7-11(13)19-10/h2-7,15H,1H3,(H,14,16). The molecular weight excluding hydrogens is 348 g/mol. The molecule has 2 aromatic rings. The fourth-order valence-corrected chi connectivity index (χ4v) is 2.53. The molecule has 1 aromatic carbocycles. The molecule has 1 heterocycles. The van der Waals surface area contributed by atoms with E-state index >= 15 is 0 Å². The Morgan fingerprint density at radius 1 is 1.15 bits per heavy atom. The van der Waals surface area contributed by atoms with E-state index < -0.39 is 15.9 Å². The van der Waals surface area contributed by atoms with Crippen LogP contribution in [-0.2, 0) is 10.0 Å². The van der Waals surface area contributed by atoms with Gasteiger partial charge in [-0.25, -0.2) is 8.42 Å². The smallest absolute Gasteiger partial charge is 0.301 e. The third-order valence-corrected chi connectivity index (χ3v) is 4.12. The summed E-state index contributed by atoms with van der Waals surface area (Å²) in [5, 5.41) is 0. The van der Waals surface area contributed by atoms with E-state index in [0.717, 1.165) is 5.56 Å². The largest absolute Gasteiger partial charge is 0.444 e. The maximum atomic E-state index is 11.9. The number of sulfonamides is 1. The number of furan rings is 1. The lowest BCUT2D eigenvalue weighted by Gasteiger charge is -2.07. The average Bonchev–Trinajstić information content (AvgIpc) is 2.83. The minimum atomic E-state index is -3.81. The normalized spacial score (nSPS) is 11.3. The van der Waals surface area contributed by atoms with E-state index in [0.29, 0.717) is 4.67 Å². The second kappa shape index (κ2) is 5.78. The van der Waals surface area contributed by atoms with Gasteiger partial charge in [0.2, 0.25) is 0 Å². The lowest BCUT2D eigenvalue weighted by molar-refractivity contribution is 0.0916. The summed E-state index contributed by atoms with van der Waals surface area (Å²) >= 11 is 3.05. The van der Waals surface area contributed by atoms with Crippen LogP contribution in [0.5, 0.6) is 0 Å². The van der Waals surface area contributed by atoms with Crippen LogP contribution in [0.2, 0.25) is 0 Å². The van der Waals surface area contributed by atoms with E-state index in [2.05, 4.69) is 21.4 Å². The van der Waals surface area contributed by atoms with Gasteiger partial charge in [0.25, 0.3) is 10.0 Å². The van der Waals surface area contributed by atoms with Gasteiger partial charge in [0, 0.05) is 0 Å². The van der Waals surface area contributed by atoms with Crippen molar-refractivity contribution >= 4 is 31.9 Å². The molecule has 1 amide bonds. The first-order valence-corrected chi connectivity index (χ1v) is 7.80. The maximum Gasteiger partial charge on any atom is 0.301 e. The number of aryl methyl sites for hydroxylation is 1. The summed E-state index contributed by atoms with van der Waals surface area (Å²) in [6, 6.07) is 9.18. The number of rotatable bonds is 4. The number of hydrogen-bond donors (Lipinski definition) is 2. The summed E-state index contributed by atoms with van der Waals surface area (Å²) < 4.78 is 29.2. The molecule has 2 rings (SSSR count). The average molecular weight is 359 g/mol. The lowest BCUT2D eigenvalue weighted by Crippen LogP contribution is -2.41. The number of carbonyl (C=O) groups is 1. The highest BCUT2D eigenvalue weighted by Crippen LogP contribution is 2.14. The van der Waals surface area contributed by atoms with Gasteiger partial charge >= 0.3 is 5.91 Å². The van der Waals surface area contributed by atoms with Crippen molar-refractivity contribution in [2.24, 2.45) is 0 Å². The van der Waals surface area contributed by atoms with Gasteiger partial charge in [0.15, 0.2) is 10.4 Å². The summed E-state index contributed by atoms with van der Waals surface area (Å²) in [6.45, 7) is 1.85. The van der Waals surface area contributed by atoms with E-state index in [4.69, 9.17) is 4.42 Å². The van der Waals surface area contributed by atoms with Crippen molar-refractivity contribution in [3.05, 3.63) is 52.4 Å². The molecule has 0 aliphatic heterocycles. The number of amides is 1. The van der Waals surface area contributed by atoms with E-state index in [1.165, 1.54) is 24.3 Å². The Bertz CT molecular complexity index is 722. The molecule has 0 radical (unpaired) electrons. The molecule has 0 aliphatic rings. The zero-order valence-electron chi connectivity index (χ0n) is 10.4. The van der Waals surface area contributed by atoms with Gasteiger partial charge in [-0.3, -0.25) is 10.2 Å². The Kier molecular flexibility index (Phi) is 4.26. The first kappa shape index (κ1) is 14.8. The molecule has 0 saturated heterocycles. The number of benzene rings is 1. The van der Waals surface area contributed by atoms with E-state index in [9.17, 15) is 13.2 Å². The van der Waals surface area contributed by atoms with Crippen LogP contribution >= 0.6 is 15.9 Å². The van der Waals surface area contributed by atoms with Crippen LogP contribution in [0.15, 0.2) is 50.4 Å². The molecule has 6 nitrogen and oxygen atoms in total. The van der Waals surface area contributed by atoms with Crippen molar-refractivity contribution in [1.82, 2.24) is 10.3 Å². The first-order valence-electron chi connectivity index (χ1n) is 5.52. The molecule has 1 aromatic heterocycles. The molecule has 0 atom stereocenters. The molecule has 106 valence electrons. The third-order valence-electron chi connectivity index (χ3n) is 2.43. The summed E-state index contributed by atoms with van der Waals surface area (Å²) in [5.41, 5.74) is 3.01. The summed E-state index contributed by atoms with van der Waals surface area (Å²) in [6.07, 6.45) is 0. The van der Waals surface area contributed by atoms with Crippen LogP contribution in [0.3, 0.4) is 0 Å². The third kappa shape index (κ3) is 3.47. The highest BCUT2D eigenvalue weighted by atomic mass is 79.9. The van der Waals surface area contributed by atoms with Crippen molar-refractivity contribution in [3.8, 4) is 0 Å². The molecule has 2 N–H and O–H groups in total. The molecule has 20 heavy (non-hydrogen) atoms. The Labute approximate surface area is 124 Å². The fraction of sp³-hybridized carbons (Fsp3) is 0.0833. The minimum Gasteiger partial charge on any atom is -0.444 e. The fourth-order valence-electron chi connectivity index (χ4n) is 1.39. The minimum absolute atomic E-state index is 0.0107. The summed E-state index contributed by atoms with van der Waals surface area (Å²) in [4.78, 5) is 13.7. The summed E-state index contributed by atoms with van der Waals surface area (Å²) in [7, 11) is -3.81. The van der Waals surface area contributed by atoms with E-state index in [-0.39, 0.29) is 10.7 Å². The van der Waals surface area contributed by atoms with Gasteiger partial charge in [0.05, 0.1) is 4.90 Å². The number of hydrogen-bond acceptors (Lipinski definition) is 4. The second-order valence-electron chi connectivity index (χ2n) is 3.98. The van der Waals surface area contributed by atoms with Gasteiger partial charge < -0.3 is 4.42 Å². The van der Waals surface area contributed by atoms with Crippen LogP contribution < -0.4 is 10.3 Å². The van der Waals surface area contributed by atoms with E-state index in [1.807, 2.05) is 11.8 Å². The molecule has 0 fully saturated rings. The SMILES string of the molecule is Cc1ccc(S(=O)(=O)NNC(=O)c2ccc(Br)o2)cc1. The van der Waals surface area contributed by atoms with Crippen LogP contribution in [0.4, 0.5) is 0 Å². The Morgan fingerprint density at radius 2 is 1.80 bits per heavy atom. The predicted molar refractivity (Wildman–Crippen MR) is 75.4 cm³/mol. The molecule has 0 bridgehead atoms. The topological polar surface area (TPSA) is 88.4 Å². The Hall–Kier alpha value is -1.64. The highest BCUT2D eigenvalue weighted by Gasteiger charge is 2.17. The van der Waals surface area contributed by atoms with E-state index in [1.54, 1.807) is 12.1 Å². The number of nitrogens with one attached hydrogen (secondary N) is 2. The lowest BCUT2D eigenvalue weighted by atomic mass is 10.2. The highest BCUT2D eigenvalue weighted by molar-refractivity contribution is 9.10. The number of hydrazine groups is 1. The Balaban J connectivity index is 2.06. The van der Waals surface area contributed by atoms with Crippen molar-refractivity contribution in [2.75, 3.05) is 0 Å². The molecule has 8 heteroatoms. The quantitative estimate of drug-likeness (QED) is 0.817. The monoisotopic (exact) mass is 358 g/mol. The van der Waals surface area contributed by atoms with Gasteiger partial charge in [0.1, 0.15) is 0 Å². The van der Waals surface area contributed by atoms with Gasteiger partial charge in [-0.05, 0) is 47.1 Å². The van der Waals surface area contributed by atoms with Crippen LogP contribution in [0.25, 0.3) is 0 Å². The predicted octanol–water partition coefficient (Wildman–Crippen LogP) is 1.97. The summed E-state index contributed by atoms with van der Waals surface area (Å²) in [5.74, 6) is -0.699. The number of halogens is 1.